The maximum absolute atomic E-state index is 12.2. The second-order valence-electron chi connectivity index (χ2n) is 6.47. The number of fused-ring (bicyclic) bond motifs is 1. The lowest BCUT2D eigenvalue weighted by atomic mass is 10.2. The van der Waals surface area contributed by atoms with Crippen LogP contribution in [0.15, 0.2) is 6.33 Å². The molecular weight excluding hydrogens is 364 g/mol. The number of hydrogen-bond donors (Lipinski definition) is 1. The van der Waals surface area contributed by atoms with Crippen molar-refractivity contribution in [3.63, 3.8) is 0 Å². The second-order valence-corrected chi connectivity index (χ2v) is 6.47. The van der Waals surface area contributed by atoms with Crippen LogP contribution >= 0.6 is 0 Å². The Bertz CT molecular complexity index is 831. The number of esters is 1. The molecule has 152 valence electrons. The highest BCUT2D eigenvalue weighted by Gasteiger charge is 2.22. The van der Waals surface area contributed by atoms with E-state index in [2.05, 4.69) is 25.2 Å². The number of anilines is 2. The van der Waals surface area contributed by atoms with E-state index in [0.717, 1.165) is 12.8 Å². The van der Waals surface area contributed by atoms with E-state index < -0.39 is 0 Å². The summed E-state index contributed by atoms with van der Waals surface area (Å²) in [4.78, 5) is 39.5. The molecule has 1 amide bonds. The first-order valence-corrected chi connectivity index (χ1v) is 9.63. The summed E-state index contributed by atoms with van der Waals surface area (Å²) >= 11 is 0. The highest BCUT2D eigenvalue weighted by atomic mass is 16.5. The van der Waals surface area contributed by atoms with Gasteiger partial charge < -0.3 is 18.9 Å². The number of nitrogens with one attached hydrogen (secondary N) is 1. The first-order valence-electron chi connectivity index (χ1n) is 9.63. The lowest BCUT2D eigenvalue weighted by Gasteiger charge is -2.28. The largest absolute Gasteiger partial charge is 0.465 e. The topological polar surface area (TPSA) is 111 Å². The van der Waals surface area contributed by atoms with Gasteiger partial charge in [-0.2, -0.15) is 9.97 Å². The number of amides is 1. The standard InChI is InChI=1S/C18H26N6O4/c1-3-5-6-13(25)20-18-21-16(23-7-9-27-10-8-23)15-17(22-18)24(12-19-15)11-14(26)28-4-2/h12H,3-11H2,1-2H3,(H,20,21,22,25). The van der Waals surface area contributed by atoms with Gasteiger partial charge in [-0.05, 0) is 13.3 Å². The quantitative estimate of drug-likeness (QED) is 0.673. The van der Waals surface area contributed by atoms with Crippen LogP contribution in [0.25, 0.3) is 11.2 Å². The summed E-state index contributed by atoms with van der Waals surface area (Å²) in [7, 11) is 0. The van der Waals surface area contributed by atoms with Crippen LogP contribution in [0.1, 0.15) is 33.1 Å². The van der Waals surface area contributed by atoms with E-state index in [1.165, 1.54) is 0 Å². The molecule has 1 N–H and O–H groups in total. The van der Waals surface area contributed by atoms with Gasteiger partial charge in [0, 0.05) is 19.5 Å². The minimum Gasteiger partial charge on any atom is -0.465 e. The normalized spacial score (nSPS) is 14.3. The van der Waals surface area contributed by atoms with Crippen LogP contribution in [0.4, 0.5) is 11.8 Å². The maximum Gasteiger partial charge on any atom is 0.326 e. The molecular formula is C18H26N6O4. The Morgan fingerprint density at radius 3 is 2.75 bits per heavy atom. The fourth-order valence-electron chi connectivity index (χ4n) is 2.97. The number of morpholine rings is 1. The van der Waals surface area contributed by atoms with Gasteiger partial charge in [0.05, 0.1) is 26.1 Å². The van der Waals surface area contributed by atoms with Crippen molar-refractivity contribution in [2.45, 2.75) is 39.7 Å². The fourth-order valence-corrected chi connectivity index (χ4v) is 2.97. The Morgan fingerprint density at radius 1 is 1.25 bits per heavy atom. The molecule has 0 aromatic carbocycles. The smallest absolute Gasteiger partial charge is 0.326 e. The van der Waals surface area contributed by atoms with Gasteiger partial charge in [-0.15, -0.1) is 0 Å². The van der Waals surface area contributed by atoms with Crippen molar-refractivity contribution in [3.05, 3.63) is 6.33 Å². The molecule has 1 saturated heterocycles. The van der Waals surface area contributed by atoms with E-state index >= 15 is 0 Å². The van der Waals surface area contributed by atoms with Crippen molar-refractivity contribution < 1.29 is 19.1 Å². The highest BCUT2D eigenvalue weighted by molar-refractivity contribution is 5.92. The molecule has 10 heteroatoms. The summed E-state index contributed by atoms with van der Waals surface area (Å²) in [6.07, 6.45) is 3.68. The monoisotopic (exact) mass is 390 g/mol. The number of imidazole rings is 1. The first-order chi connectivity index (χ1) is 13.6. The van der Waals surface area contributed by atoms with Gasteiger partial charge in [-0.25, -0.2) is 4.98 Å². The van der Waals surface area contributed by atoms with Gasteiger partial charge in [-0.3, -0.25) is 14.9 Å². The van der Waals surface area contributed by atoms with Crippen molar-refractivity contribution >= 4 is 34.8 Å². The molecule has 28 heavy (non-hydrogen) atoms. The van der Waals surface area contributed by atoms with Gasteiger partial charge in [-0.1, -0.05) is 13.3 Å². The van der Waals surface area contributed by atoms with Crippen molar-refractivity contribution in [2.24, 2.45) is 0 Å². The molecule has 1 aliphatic rings. The van der Waals surface area contributed by atoms with Crippen molar-refractivity contribution in [1.82, 2.24) is 19.5 Å². The number of carbonyl (C=O) groups excluding carboxylic acids is 2. The lowest BCUT2D eigenvalue weighted by molar-refractivity contribution is -0.143. The summed E-state index contributed by atoms with van der Waals surface area (Å²) in [6, 6.07) is 0. The number of unbranched alkanes of at least 4 members (excludes halogenated alkanes) is 1. The van der Waals surface area contributed by atoms with Crippen molar-refractivity contribution in [1.29, 1.82) is 0 Å². The molecule has 0 spiro atoms. The average Bonchev–Trinajstić information content (AvgIpc) is 3.09. The number of hydrogen-bond acceptors (Lipinski definition) is 8. The van der Waals surface area contributed by atoms with Gasteiger partial charge in [0.25, 0.3) is 0 Å². The third kappa shape index (κ3) is 4.75. The van der Waals surface area contributed by atoms with Crippen LogP contribution in [-0.4, -0.2) is 64.3 Å². The molecule has 1 aliphatic heterocycles. The molecule has 3 heterocycles. The van der Waals surface area contributed by atoms with Gasteiger partial charge in [0.1, 0.15) is 6.54 Å². The molecule has 0 bridgehead atoms. The van der Waals surface area contributed by atoms with E-state index in [1.54, 1.807) is 17.8 Å². The third-order valence-electron chi connectivity index (χ3n) is 4.37. The zero-order valence-electron chi connectivity index (χ0n) is 16.3. The van der Waals surface area contributed by atoms with Crippen LogP contribution in [0, 0.1) is 0 Å². The number of nitrogens with zero attached hydrogens (tertiary/aromatic N) is 5. The fraction of sp³-hybridized carbons (Fsp3) is 0.611. The Hall–Kier alpha value is -2.75. The number of aromatic nitrogens is 4. The summed E-state index contributed by atoms with van der Waals surface area (Å²) < 4.78 is 12.0. The Balaban J connectivity index is 1.95. The van der Waals surface area contributed by atoms with Crippen LogP contribution in [0.2, 0.25) is 0 Å². The van der Waals surface area contributed by atoms with Crippen LogP contribution in [-0.2, 0) is 25.6 Å². The Morgan fingerprint density at radius 2 is 2.04 bits per heavy atom. The van der Waals surface area contributed by atoms with E-state index in [-0.39, 0.29) is 24.4 Å². The van der Waals surface area contributed by atoms with Crippen LogP contribution in [0.3, 0.4) is 0 Å². The zero-order valence-corrected chi connectivity index (χ0v) is 16.3. The van der Waals surface area contributed by atoms with Gasteiger partial charge in [0.15, 0.2) is 17.0 Å². The van der Waals surface area contributed by atoms with Gasteiger partial charge >= 0.3 is 5.97 Å². The van der Waals surface area contributed by atoms with Gasteiger partial charge in [0.2, 0.25) is 11.9 Å². The third-order valence-corrected chi connectivity index (χ3v) is 4.37. The van der Waals surface area contributed by atoms with E-state index in [0.29, 0.717) is 56.3 Å². The van der Waals surface area contributed by atoms with E-state index in [4.69, 9.17) is 9.47 Å². The summed E-state index contributed by atoms with van der Waals surface area (Å²) in [6.45, 7) is 6.60. The van der Waals surface area contributed by atoms with Crippen molar-refractivity contribution in [2.75, 3.05) is 43.1 Å². The molecule has 2 aromatic rings. The summed E-state index contributed by atoms with van der Waals surface area (Å²) in [5.41, 5.74) is 1.06. The minimum atomic E-state index is -0.373. The second kappa shape index (κ2) is 9.45. The minimum absolute atomic E-state index is 0.00682. The van der Waals surface area contributed by atoms with Crippen LogP contribution < -0.4 is 10.2 Å². The molecule has 0 radical (unpaired) electrons. The van der Waals surface area contributed by atoms with Crippen LogP contribution in [0.5, 0.6) is 0 Å². The zero-order chi connectivity index (χ0) is 19.9. The summed E-state index contributed by atoms with van der Waals surface area (Å²) in [5, 5.41) is 2.77. The number of carbonyl (C=O) groups is 2. The molecule has 0 saturated carbocycles. The summed E-state index contributed by atoms with van der Waals surface area (Å²) in [5.74, 6) is 0.329. The molecule has 2 aromatic heterocycles. The number of ether oxygens (including phenoxy) is 2. The van der Waals surface area contributed by atoms with Crippen molar-refractivity contribution in [3.8, 4) is 0 Å². The molecule has 10 nitrogen and oxygen atoms in total. The average molecular weight is 390 g/mol. The molecule has 3 rings (SSSR count). The predicted molar refractivity (Wildman–Crippen MR) is 103 cm³/mol. The van der Waals surface area contributed by atoms with E-state index in [9.17, 15) is 9.59 Å². The highest BCUT2D eigenvalue weighted by Crippen LogP contribution is 2.25. The molecule has 1 fully saturated rings. The SMILES string of the molecule is CCCCC(=O)Nc1nc(N2CCOCC2)c2ncn(CC(=O)OCC)c2n1. The first kappa shape index (κ1) is 20.0. The molecule has 0 atom stereocenters. The predicted octanol–water partition coefficient (Wildman–Crippen LogP) is 1.35. The van der Waals surface area contributed by atoms with E-state index in [1.807, 2.05) is 6.92 Å². The Labute approximate surface area is 163 Å². The molecule has 0 unspecified atom stereocenters. The lowest BCUT2D eigenvalue weighted by Crippen LogP contribution is -2.37. The maximum atomic E-state index is 12.2. The molecule has 0 aliphatic carbocycles. The number of rotatable bonds is 8. The Kier molecular flexibility index (Phi) is 6.75.